The molecule has 8 heteroatoms. The zero-order chi connectivity index (χ0) is 13.3. The number of aromatic nitrogens is 1. The zero-order valence-electron chi connectivity index (χ0n) is 9.24. The molecule has 0 bridgehead atoms. The van der Waals surface area contributed by atoms with Gasteiger partial charge in [-0.15, -0.1) is 0 Å². The van der Waals surface area contributed by atoms with Crippen LogP contribution in [0.4, 0.5) is 5.69 Å². The van der Waals surface area contributed by atoms with Gasteiger partial charge in [0.05, 0.1) is 4.92 Å². The maximum atomic E-state index is 12.0. The maximum Gasteiger partial charge on any atom is 0.300 e. The van der Waals surface area contributed by atoms with Gasteiger partial charge >= 0.3 is 0 Å². The van der Waals surface area contributed by atoms with Gasteiger partial charge in [-0.1, -0.05) is 11.6 Å². The van der Waals surface area contributed by atoms with Gasteiger partial charge in [0.25, 0.3) is 11.6 Å². The van der Waals surface area contributed by atoms with Gasteiger partial charge in [-0.05, 0) is 6.07 Å². The Labute approximate surface area is 107 Å². The lowest BCUT2D eigenvalue weighted by molar-refractivity contribution is -0.385. The Morgan fingerprint density at radius 1 is 1.67 bits per heavy atom. The number of likely N-dealkylation sites (tertiary alicyclic amines) is 1. The summed E-state index contributed by atoms with van der Waals surface area (Å²) < 4.78 is 0. The molecule has 96 valence electrons. The van der Waals surface area contributed by atoms with Crippen LogP contribution in [-0.4, -0.2) is 45.5 Å². The van der Waals surface area contributed by atoms with Crippen molar-refractivity contribution in [3.63, 3.8) is 0 Å². The van der Waals surface area contributed by atoms with Gasteiger partial charge in [0.2, 0.25) is 0 Å². The molecular weight excluding hydrogens is 262 g/mol. The fourth-order valence-electron chi connectivity index (χ4n) is 1.76. The molecule has 0 aliphatic carbocycles. The number of hydrogen-bond donors (Lipinski definition) is 1. The molecule has 1 amide bonds. The molecule has 7 nitrogen and oxygen atoms in total. The van der Waals surface area contributed by atoms with Crippen LogP contribution < -0.4 is 0 Å². The van der Waals surface area contributed by atoms with Crippen molar-refractivity contribution < 1.29 is 14.8 Å². The first kappa shape index (κ1) is 12.7. The zero-order valence-corrected chi connectivity index (χ0v) is 10.0. The van der Waals surface area contributed by atoms with Crippen LogP contribution in [0.3, 0.4) is 0 Å². The molecule has 1 aliphatic heterocycles. The summed E-state index contributed by atoms with van der Waals surface area (Å²) in [5.74, 6) is -0.416. The molecule has 0 atom stereocenters. The van der Waals surface area contributed by atoms with Gasteiger partial charge in [0, 0.05) is 25.6 Å². The first-order valence-electron chi connectivity index (χ1n) is 5.23. The highest BCUT2D eigenvalue weighted by Crippen LogP contribution is 2.25. The molecular formula is C10H10ClN3O4. The van der Waals surface area contributed by atoms with Gasteiger partial charge in [-0.3, -0.25) is 14.9 Å². The fraction of sp³-hybridized carbons (Fsp3) is 0.400. The van der Waals surface area contributed by atoms with Gasteiger partial charge in [0.1, 0.15) is 16.9 Å². The fourth-order valence-corrected chi connectivity index (χ4v) is 1.92. The number of amides is 1. The Morgan fingerprint density at radius 2 is 2.33 bits per heavy atom. The largest absolute Gasteiger partial charge is 0.396 e. The maximum absolute atomic E-state index is 12.0. The van der Waals surface area contributed by atoms with E-state index in [-0.39, 0.29) is 28.9 Å². The van der Waals surface area contributed by atoms with E-state index >= 15 is 0 Å². The first-order valence-corrected chi connectivity index (χ1v) is 5.60. The van der Waals surface area contributed by atoms with Crippen molar-refractivity contribution in [1.29, 1.82) is 0 Å². The monoisotopic (exact) mass is 271 g/mol. The van der Waals surface area contributed by atoms with Crippen LogP contribution in [0.2, 0.25) is 5.15 Å². The standard InChI is InChI=1S/C10H10ClN3O4/c11-9-1-7(8(2-12-9)14(17)18)10(16)13-3-6(4-13)5-15/h1-2,6,15H,3-5H2. The highest BCUT2D eigenvalue weighted by molar-refractivity contribution is 6.29. The molecule has 1 N–H and O–H groups in total. The second-order valence-electron chi connectivity index (χ2n) is 4.04. The Kier molecular flexibility index (Phi) is 3.44. The molecule has 2 heterocycles. The first-order chi connectivity index (χ1) is 8.52. The average Bonchev–Trinajstić information content (AvgIpc) is 2.26. The second kappa shape index (κ2) is 4.87. The van der Waals surface area contributed by atoms with Crippen LogP contribution >= 0.6 is 11.6 Å². The minimum atomic E-state index is -0.667. The van der Waals surface area contributed by atoms with Crippen molar-refractivity contribution in [3.05, 3.63) is 33.1 Å². The number of carbonyl (C=O) groups excluding carboxylic acids is 1. The number of halogens is 1. The summed E-state index contributed by atoms with van der Waals surface area (Å²) in [6.07, 6.45) is 0.971. The molecule has 1 aliphatic rings. The van der Waals surface area contributed by atoms with E-state index < -0.39 is 10.8 Å². The SMILES string of the molecule is O=C(c1cc(Cl)ncc1[N+](=O)[O-])N1CC(CO)C1. The normalized spacial score (nSPS) is 15.3. The summed E-state index contributed by atoms with van der Waals surface area (Å²) in [6, 6.07) is 1.19. The molecule has 0 spiro atoms. The van der Waals surface area contributed by atoms with E-state index in [4.69, 9.17) is 16.7 Å². The summed E-state index contributed by atoms with van der Waals surface area (Å²) in [6.45, 7) is 0.793. The molecule has 1 aromatic rings. The number of nitro groups is 1. The molecule has 0 aromatic carbocycles. The van der Waals surface area contributed by atoms with Crippen molar-refractivity contribution in [2.75, 3.05) is 19.7 Å². The predicted octanol–water partition coefficient (Wildman–Crippen LogP) is 0.708. The van der Waals surface area contributed by atoms with E-state index in [1.807, 2.05) is 0 Å². The number of aliphatic hydroxyl groups excluding tert-OH is 1. The van der Waals surface area contributed by atoms with Crippen LogP contribution in [0.25, 0.3) is 0 Å². The Hall–Kier alpha value is -1.73. The van der Waals surface area contributed by atoms with Gasteiger partial charge < -0.3 is 10.0 Å². The van der Waals surface area contributed by atoms with Crippen LogP contribution in [0, 0.1) is 16.0 Å². The summed E-state index contributed by atoms with van der Waals surface area (Å²) in [4.78, 5) is 27.2. The molecule has 1 fully saturated rings. The molecule has 1 saturated heterocycles. The third kappa shape index (κ3) is 2.27. The molecule has 2 rings (SSSR count). The molecule has 0 radical (unpaired) electrons. The minimum Gasteiger partial charge on any atom is -0.396 e. The number of rotatable bonds is 3. The van der Waals surface area contributed by atoms with Crippen molar-refractivity contribution in [1.82, 2.24) is 9.88 Å². The van der Waals surface area contributed by atoms with Crippen molar-refractivity contribution in [2.24, 2.45) is 5.92 Å². The molecule has 18 heavy (non-hydrogen) atoms. The van der Waals surface area contributed by atoms with Crippen LogP contribution in [0.1, 0.15) is 10.4 Å². The minimum absolute atomic E-state index is 0.00295. The van der Waals surface area contributed by atoms with E-state index in [2.05, 4.69) is 4.98 Å². The van der Waals surface area contributed by atoms with Crippen LogP contribution in [-0.2, 0) is 0 Å². The predicted molar refractivity (Wildman–Crippen MR) is 62.4 cm³/mol. The third-order valence-corrected chi connectivity index (χ3v) is 2.99. The van der Waals surface area contributed by atoms with Crippen molar-refractivity contribution in [2.45, 2.75) is 0 Å². The smallest absolute Gasteiger partial charge is 0.300 e. The van der Waals surface area contributed by atoms with E-state index in [1.165, 1.54) is 11.0 Å². The number of pyridine rings is 1. The summed E-state index contributed by atoms with van der Waals surface area (Å²) in [5.41, 5.74) is -0.437. The lowest BCUT2D eigenvalue weighted by Crippen LogP contribution is -2.51. The number of carbonyl (C=O) groups is 1. The van der Waals surface area contributed by atoms with Crippen molar-refractivity contribution >= 4 is 23.2 Å². The van der Waals surface area contributed by atoms with Crippen LogP contribution in [0.5, 0.6) is 0 Å². The second-order valence-corrected chi connectivity index (χ2v) is 4.43. The van der Waals surface area contributed by atoms with E-state index in [0.717, 1.165) is 6.20 Å². The Balaban J connectivity index is 2.24. The van der Waals surface area contributed by atoms with E-state index in [0.29, 0.717) is 13.1 Å². The van der Waals surface area contributed by atoms with Gasteiger partial charge in [-0.2, -0.15) is 0 Å². The molecule has 0 unspecified atom stereocenters. The van der Waals surface area contributed by atoms with Crippen LogP contribution in [0.15, 0.2) is 12.3 Å². The van der Waals surface area contributed by atoms with Gasteiger partial charge in [0.15, 0.2) is 0 Å². The number of aliphatic hydroxyl groups is 1. The van der Waals surface area contributed by atoms with E-state index in [1.54, 1.807) is 0 Å². The highest BCUT2D eigenvalue weighted by atomic mass is 35.5. The van der Waals surface area contributed by atoms with E-state index in [9.17, 15) is 14.9 Å². The molecule has 1 aromatic heterocycles. The topological polar surface area (TPSA) is 96.6 Å². The summed E-state index contributed by atoms with van der Waals surface area (Å²) in [7, 11) is 0. The quantitative estimate of drug-likeness (QED) is 0.496. The van der Waals surface area contributed by atoms with Gasteiger partial charge in [-0.25, -0.2) is 4.98 Å². The average molecular weight is 272 g/mol. The Morgan fingerprint density at radius 3 is 2.89 bits per heavy atom. The number of hydrogen-bond acceptors (Lipinski definition) is 5. The summed E-state index contributed by atoms with van der Waals surface area (Å²) in [5, 5.41) is 19.7. The lowest BCUT2D eigenvalue weighted by Gasteiger charge is -2.38. The lowest BCUT2D eigenvalue weighted by atomic mass is 10.00. The number of nitrogens with zero attached hydrogens (tertiary/aromatic N) is 3. The highest BCUT2D eigenvalue weighted by Gasteiger charge is 2.34. The third-order valence-electron chi connectivity index (χ3n) is 2.78. The Bertz CT molecular complexity index is 502. The van der Waals surface area contributed by atoms with Crippen molar-refractivity contribution in [3.8, 4) is 0 Å². The summed E-state index contributed by atoms with van der Waals surface area (Å²) >= 11 is 5.64. The molecule has 0 saturated carbocycles.